The second-order valence-corrected chi connectivity index (χ2v) is 4.91. The van der Waals surface area contributed by atoms with Crippen molar-refractivity contribution in [2.75, 3.05) is 0 Å². The number of Topliss-reactive ketones (excluding diaryl/α,β-unsaturated/α-hetero) is 1. The van der Waals surface area contributed by atoms with Gasteiger partial charge in [0, 0.05) is 22.9 Å². The molecule has 1 aliphatic rings. The molecule has 0 amide bonds. The first-order valence-corrected chi connectivity index (χ1v) is 6.41. The number of carboxylic acids is 1. The van der Waals surface area contributed by atoms with Gasteiger partial charge in [0.05, 0.1) is 5.57 Å². The second kappa shape index (κ2) is 5.33. The number of carbonyl (C=O) groups excluding carboxylic acids is 1. The van der Waals surface area contributed by atoms with Gasteiger partial charge in [0.15, 0.2) is 5.78 Å². The van der Waals surface area contributed by atoms with E-state index in [0.29, 0.717) is 17.0 Å². The molecule has 0 radical (unpaired) electrons. The van der Waals surface area contributed by atoms with E-state index in [1.54, 1.807) is 13.8 Å². The Morgan fingerprint density at radius 1 is 1.05 bits per heavy atom. The third-order valence-electron chi connectivity index (χ3n) is 3.50. The van der Waals surface area contributed by atoms with Crippen LogP contribution in [0.2, 0.25) is 0 Å². The number of hydrogen-bond acceptors (Lipinski definition) is 3. The van der Waals surface area contributed by atoms with Crippen molar-refractivity contribution in [2.24, 2.45) is 0 Å². The standard InChI is InChI=1S/C16H17NO3/c1-9-13(11(3)18)15(12-7-5-4-6-8-12)14(16(19)20)10(2)17-9/h4-8,15,17H,1-3H3,(H,19,20). The quantitative estimate of drug-likeness (QED) is 0.886. The highest BCUT2D eigenvalue weighted by atomic mass is 16.4. The molecule has 1 aromatic rings. The van der Waals surface area contributed by atoms with Gasteiger partial charge >= 0.3 is 5.97 Å². The van der Waals surface area contributed by atoms with Crippen LogP contribution in [0.25, 0.3) is 0 Å². The molecule has 0 spiro atoms. The predicted octanol–water partition coefficient (Wildman–Crippen LogP) is 2.60. The van der Waals surface area contributed by atoms with Gasteiger partial charge in [-0.2, -0.15) is 0 Å². The molecule has 0 saturated carbocycles. The molecule has 0 bridgehead atoms. The number of hydrogen-bond donors (Lipinski definition) is 2. The highest BCUT2D eigenvalue weighted by molar-refractivity contribution is 6.01. The summed E-state index contributed by atoms with van der Waals surface area (Å²) in [5.41, 5.74) is 2.85. The molecular weight excluding hydrogens is 254 g/mol. The summed E-state index contributed by atoms with van der Waals surface area (Å²) in [5.74, 6) is -1.64. The number of benzene rings is 1. The molecule has 1 atom stereocenters. The minimum Gasteiger partial charge on any atom is -0.478 e. The van der Waals surface area contributed by atoms with Gasteiger partial charge in [-0.3, -0.25) is 4.79 Å². The lowest BCUT2D eigenvalue weighted by Gasteiger charge is -2.29. The first kappa shape index (κ1) is 14.1. The van der Waals surface area contributed by atoms with Crippen LogP contribution in [-0.4, -0.2) is 16.9 Å². The average Bonchev–Trinajstić information content (AvgIpc) is 2.37. The molecule has 4 nitrogen and oxygen atoms in total. The Hall–Kier alpha value is -2.36. The summed E-state index contributed by atoms with van der Waals surface area (Å²) >= 11 is 0. The Morgan fingerprint density at radius 3 is 2.10 bits per heavy atom. The number of ketones is 1. The number of carboxylic acid groups (broad SMARTS) is 1. The van der Waals surface area contributed by atoms with Crippen LogP contribution in [0.15, 0.2) is 52.9 Å². The second-order valence-electron chi connectivity index (χ2n) is 4.91. The van der Waals surface area contributed by atoms with Crippen molar-refractivity contribution in [1.82, 2.24) is 5.32 Å². The number of carbonyl (C=O) groups is 2. The zero-order valence-electron chi connectivity index (χ0n) is 11.7. The summed E-state index contributed by atoms with van der Waals surface area (Å²) < 4.78 is 0. The molecule has 1 unspecified atom stereocenters. The van der Waals surface area contributed by atoms with E-state index in [1.165, 1.54) is 6.92 Å². The number of aliphatic carboxylic acids is 1. The maximum atomic E-state index is 12.0. The lowest BCUT2D eigenvalue weighted by Crippen LogP contribution is -2.30. The van der Waals surface area contributed by atoms with E-state index in [4.69, 9.17) is 0 Å². The average molecular weight is 271 g/mol. The monoisotopic (exact) mass is 271 g/mol. The Balaban J connectivity index is 2.67. The summed E-state index contributed by atoms with van der Waals surface area (Å²) in [6, 6.07) is 9.26. The summed E-state index contributed by atoms with van der Waals surface area (Å²) in [6.07, 6.45) is 0. The molecule has 1 aromatic carbocycles. The summed E-state index contributed by atoms with van der Waals surface area (Å²) in [4.78, 5) is 23.5. The van der Waals surface area contributed by atoms with E-state index < -0.39 is 11.9 Å². The molecule has 0 aliphatic carbocycles. The molecule has 4 heteroatoms. The highest BCUT2D eigenvalue weighted by Crippen LogP contribution is 2.38. The van der Waals surface area contributed by atoms with Crippen LogP contribution >= 0.6 is 0 Å². The van der Waals surface area contributed by atoms with E-state index >= 15 is 0 Å². The van der Waals surface area contributed by atoms with Crippen LogP contribution in [0.4, 0.5) is 0 Å². The normalized spacial score (nSPS) is 18.9. The third-order valence-corrected chi connectivity index (χ3v) is 3.50. The molecule has 2 rings (SSSR count). The van der Waals surface area contributed by atoms with Crippen LogP contribution < -0.4 is 5.32 Å². The molecule has 104 valence electrons. The topological polar surface area (TPSA) is 66.4 Å². The van der Waals surface area contributed by atoms with Crippen molar-refractivity contribution < 1.29 is 14.7 Å². The van der Waals surface area contributed by atoms with Crippen LogP contribution in [0.3, 0.4) is 0 Å². The molecule has 1 heterocycles. The first-order valence-electron chi connectivity index (χ1n) is 6.41. The fraction of sp³-hybridized carbons (Fsp3) is 0.250. The van der Waals surface area contributed by atoms with Crippen LogP contribution in [0.1, 0.15) is 32.3 Å². The molecule has 2 N–H and O–H groups in total. The molecule has 1 aliphatic heterocycles. The van der Waals surface area contributed by atoms with Gasteiger partial charge in [-0.15, -0.1) is 0 Å². The smallest absolute Gasteiger partial charge is 0.334 e. The van der Waals surface area contributed by atoms with Crippen LogP contribution in [0, 0.1) is 0 Å². The SMILES string of the molecule is CC(=O)C1=C(C)NC(C)=C(C(=O)O)C1c1ccccc1. The molecular formula is C16H17NO3. The Bertz CT molecular complexity index is 590. The lowest BCUT2D eigenvalue weighted by atomic mass is 9.79. The van der Waals surface area contributed by atoms with Crippen molar-refractivity contribution in [3.63, 3.8) is 0 Å². The highest BCUT2D eigenvalue weighted by Gasteiger charge is 2.34. The molecule has 0 fully saturated rings. The van der Waals surface area contributed by atoms with Crippen molar-refractivity contribution in [3.8, 4) is 0 Å². The number of rotatable bonds is 3. The zero-order chi connectivity index (χ0) is 14.9. The van der Waals surface area contributed by atoms with Crippen molar-refractivity contribution in [3.05, 3.63) is 58.4 Å². The molecule has 0 aromatic heterocycles. The minimum atomic E-state index is -1.00. The summed E-state index contributed by atoms with van der Waals surface area (Å²) in [7, 11) is 0. The minimum absolute atomic E-state index is 0.116. The van der Waals surface area contributed by atoms with Gasteiger partial charge in [-0.1, -0.05) is 30.3 Å². The Kier molecular flexibility index (Phi) is 3.74. The van der Waals surface area contributed by atoms with Gasteiger partial charge in [-0.05, 0) is 26.3 Å². The fourth-order valence-electron chi connectivity index (χ4n) is 2.72. The van der Waals surface area contributed by atoms with Gasteiger partial charge in [-0.25, -0.2) is 4.79 Å². The maximum absolute atomic E-state index is 12.0. The van der Waals surface area contributed by atoms with Gasteiger partial charge in [0.1, 0.15) is 0 Å². The van der Waals surface area contributed by atoms with E-state index in [9.17, 15) is 14.7 Å². The fourth-order valence-corrected chi connectivity index (χ4v) is 2.72. The first-order chi connectivity index (χ1) is 9.43. The van der Waals surface area contributed by atoms with E-state index in [-0.39, 0.29) is 11.4 Å². The lowest BCUT2D eigenvalue weighted by molar-refractivity contribution is -0.133. The van der Waals surface area contributed by atoms with Crippen LogP contribution in [0.5, 0.6) is 0 Å². The summed E-state index contributed by atoms with van der Waals surface area (Å²) in [6.45, 7) is 4.99. The predicted molar refractivity (Wildman–Crippen MR) is 76.0 cm³/mol. The Morgan fingerprint density at radius 2 is 1.60 bits per heavy atom. The number of nitrogens with one attached hydrogen (secondary N) is 1. The van der Waals surface area contributed by atoms with Crippen molar-refractivity contribution in [2.45, 2.75) is 26.7 Å². The van der Waals surface area contributed by atoms with Gasteiger partial charge in [0.2, 0.25) is 0 Å². The van der Waals surface area contributed by atoms with Crippen molar-refractivity contribution in [1.29, 1.82) is 0 Å². The molecule has 0 saturated heterocycles. The third kappa shape index (κ3) is 2.37. The van der Waals surface area contributed by atoms with Gasteiger partial charge < -0.3 is 10.4 Å². The van der Waals surface area contributed by atoms with Gasteiger partial charge in [0.25, 0.3) is 0 Å². The van der Waals surface area contributed by atoms with E-state index in [0.717, 1.165) is 5.56 Å². The van der Waals surface area contributed by atoms with Crippen LogP contribution in [-0.2, 0) is 9.59 Å². The van der Waals surface area contributed by atoms with E-state index in [2.05, 4.69) is 5.32 Å². The van der Waals surface area contributed by atoms with E-state index in [1.807, 2.05) is 30.3 Å². The number of dihydropyridines is 1. The largest absolute Gasteiger partial charge is 0.478 e. The molecule has 20 heavy (non-hydrogen) atoms. The Labute approximate surface area is 117 Å². The summed E-state index contributed by atoms with van der Waals surface area (Å²) in [5, 5.41) is 12.5. The number of allylic oxidation sites excluding steroid dienone is 3. The maximum Gasteiger partial charge on any atom is 0.334 e. The zero-order valence-corrected chi connectivity index (χ0v) is 11.7. The van der Waals surface area contributed by atoms with Crippen molar-refractivity contribution >= 4 is 11.8 Å².